The van der Waals surface area contributed by atoms with Gasteiger partial charge in [-0.3, -0.25) is 0 Å². The van der Waals surface area contributed by atoms with Gasteiger partial charge in [-0.15, -0.1) is 0 Å². The molecule has 0 aromatic carbocycles. The molecule has 4 heteroatoms. The van der Waals surface area contributed by atoms with Gasteiger partial charge in [0, 0.05) is 39.4 Å². The molecule has 0 bridgehead atoms. The quantitative estimate of drug-likeness (QED) is 0.564. The fraction of sp³-hybridized carbons (Fsp3) is 1.00. The van der Waals surface area contributed by atoms with Crippen LogP contribution >= 0.6 is 0 Å². The van der Waals surface area contributed by atoms with E-state index in [1.54, 1.807) is 0 Å². The Bertz CT molecular complexity index is 281. The van der Waals surface area contributed by atoms with Crippen LogP contribution in [0.4, 0.5) is 0 Å². The third-order valence-electron chi connectivity index (χ3n) is 4.27. The molecular weight excluding hydrogens is 300 g/mol. The third-order valence-corrected chi connectivity index (χ3v) is 4.27. The largest absolute Gasteiger partial charge is 0.376 e. The summed E-state index contributed by atoms with van der Waals surface area (Å²) in [5.41, 5.74) is 0.00704. The molecule has 0 unspecified atom stereocenters. The van der Waals surface area contributed by atoms with E-state index in [-0.39, 0.29) is 11.2 Å². The molecule has 1 fully saturated rings. The number of ether oxygens (including phenoxy) is 2. The van der Waals surface area contributed by atoms with Crippen LogP contribution in [0.3, 0.4) is 0 Å². The molecule has 0 amide bonds. The lowest BCUT2D eigenvalue weighted by molar-refractivity contribution is -0.00691. The summed E-state index contributed by atoms with van der Waals surface area (Å²) in [4.78, 5) is 5.21. The van der Waals surface area contributed by atoms with Crippen molar-refractivity contribution in [1.29, 1.82) is 0 Å². The van der Waals surface area contributed by atoms with Crippen LogP contribution < -0.4 is 0 Å². The second kappa shape index (κ2) is 10.7. The molecule has 0 aromatic rings. The van der Waals surface area contributed by atoms with Crippen molar-refractivity contribution in [3.63, 3.8) is 0 Å². The fourth-order valence-corrected chi connectivity index (χ4v) is 2.87. The van der Waals surface area contributed by atoms with E-state index in [1.807, 2.05) is 0 Å². The van der Waals surface area contributed by atoms with Crippen molar-refractivity contribution in [2.24, 2.45) is 0 Å². The summed E-state index contributed by atoms with van der Waals surface area (Å²) in [6, 6.07) is 0. The van der Waals surface area contributed by atoms with E-state index in [1.165, 1.54) is 65.0 Å². The van der Waals surface area contributed by atoms with Gasteiger partial charge < -0.3 is 19.3 Å². The van der Waals surface area contributed by atoms with Crippen molar-refractivity contribution >= 4 is 0 Å². The predicted molar refractivity (Wildman–Crippen MR) is 103 cm³/mol. The van der Waals surface area contributed by atoms with E-state index in [4.69, 9.17) is 9.47 Å². The Hall–Kier alpha value is -0.160. The van der Waals surface area contributed by atoms with Gasteiger partial charge in [0.05, 0.1) is 11.2 Å². The summed E-state index contributed by atoms with van der Waals surface area (Å²) in [5.74, 6) is 0. The van der Waals surface area contributed by atoms with Crippen LogP contribution in [-0.4, -0.2) is 73.5 Å². The lowest BCUT2D eigenvalue weighted by atomic mass is 10.2. The molecular formula is C20H42N2O2. The Balaban J connectivity index is 1.96. The Morgan fingerprint density at radius 1 is 0.583 bits per heavy atom. The number of nitrogens with zero attached hydrogens (tertiary/aromatic N) is 2. The SMILES string of the molecule is CC(C)(C)OCCCCN1CCN(CCCCOC(C)(C)C)CC1. The van der Waals surface area contributed by atoms with Crippen LogP contribution in [-0.2, 0) is 9.47 Å². The molecule has 0 aromatic heterocycles. The Morgan fingerprint density at radius 2 is 0.917 bits per heavy atom. The average Bonchev–Trinajstić information content (AvgIpc) is 2.45. The number of piperazine rings is 1. The van der Waals surface area contributed by atoms with Gasteiger partial charge in [0.1, 0.15) is 0 Å². The van der Waals surface area contributed by atoms with Crippen LogP contribution in [0.2, 0.25) is 0 Å². The molecule has 0 aliphatic carbocycles. The maximum absolute atomic E-state index is 5.78. The molecule has 0 radical (unpaired) electrons. The first-order valence-corrected chi connectivity index (χ1v) is 9.88. The summed E-state index contributed by atoms with van der Waals surface area (Å²) >= 11 is 0. The zero-order valence-corrected chi connectivity index (χ0v) is 17.2. The molecule has 0 spiro atoms. The van der Waals surface area contributed by atoms with E-state index in [0.717, 1.165) is 13.2 Å². The maximum atomic E-state index is 5.78. The van der Waals surface area contributed by atoms with Crippen LogP contribution in [0.25, 0.3) is 0 Å². The highest BCUT2D eigenvalue weighted by Gasteiger charge is 2.16. The second-order valence-corrected chi connectivity index (χ2v) is 9.02. The molecule has 1 heterocycles. The summed E-state index contributed by atoms with van der Waals surface area (Å²) in [7, 11) is 0. The monoisotopic (exact) mass is 342 g/mol. The van der Waals surface area contributed by atoms with Gasteiger partial charge in [-0.2, -0.15) is 0 Å². The molecule has 144 valence electrons. The highest BCUT2D eigenvalue weighted by molar-refractivity contribution is 4.72. The maximum Gasteiger partial charge on any atom is 0.0598 e. The molecule has 24 heavy (non-hydrogen) atoms. The first kappa shape index (κ1) is 21.9. The number of hydrogen-bond acceptors (Lipinski definition) is 4. The van der Waals surface area contributed by atoms with Crippen molar-refractivity contribution in [3.8, 4) is 0 Å². The zero-order chi connectivity index (χ0) is 18.1. The van der Waals surface area contributed by atoms with Gasteiger partial charge in [0.2, 0.25) is 0 Å². The average molecular weight is 343 g/mol. The molecule has 0 saturated carbocycles. The number of rotatable bonds is 10. The first-order valence-electron chi connectivity index (χ1n) is 9.88. The van der Waals surface area contributed by atoms with Crippen LogP contribution in [0.15, 0.2) is 0 Å². The van der Waals surface area contributed by atoms with Gasteiger partial charge in [0.25, 0.3) is 0 Å². The van der Waals surface area contributed by atoms with Crippen LogP contribution in [0.1, 0.15) is 67.2 Å². The summed E-state index contributed by atoms with van der Waals surface area (Å²) in [6.45, 7) is 21.9. The van der Waals surface area contributed by atoms with Gasteiger partial charge in [-0.25, -0.2) is 0 Å². The smallest absolute Gasteiger partial charge is 0.0598 e. The summed E-state index contributed by atoms with van der Waals surface area (Å²) < 4.78 is 11.6. The van der Waals surface area contributed by atoms with Gasteiger partial charge in [0.15, 0.2) is 0 Å². The molecule has 1 aliphatic heterocycles. The first-order chi connectivity index (χ1) is 11.2. The highest BCUT2D eigenvalue weighted by Crippen LogP contribution is 2.10. The van der Waals surface area contributed by atoms with E-state index in [9.17, 15) is 0 Å². The van der Waals surface area contributed by atoms with Gasteiger partial charge in [-0.1, -0.05) is 0 Å². The molecule has 1 saturated heterocycles. The Morgan fingerprint density at radius 3 is 1.21 bits per heavy atom. The molecule has 0 N–H and O–H groups in total. The van der Waals surface area contributed by atoms with Crippen molar-refractivity contribution in [3.05, 3.63) is 0 Å². The lowest BCUT2D eigenvalue weighted by Gasteiger charge is -2.34. The van der Waals surface area contributed by atoms with E-state index < -0.39 is 0 Å². The normalized spacial score (nSPS) is 18.2. The predicted octanol–water partition coefficient (Wildman–Crippen LogP) is 3.79. The van der Waals surface area contributed by atoms with Crippen molar-refractivity contribution in [1.82, 2.24) is 9.80 Å². The summed E-state index contributed by atoms with van der Waals surface area (Å²) in [6.07, 6.45) is 4.84. The van der Waals surface area contributed by atoms with Gasteiger partial charge >= 0.3 is 0 Å². The van der Waals surface area contributed by atoms with E-state index in [2.05, 4.69) is 51.3 Å². The van der Waals surface area contributed by atoms with Crippen LogP contribution in [0.5, 0.6) is 0 Å². The zero-order valence-electron chi connectivity index (χ0n) is 17.2. The van der Waals surface area contributed by atoms with Crippen molar-refractivity contribution in [2.45, 2.75) is 78.4 Å². The molecule has 1 aliphatic rings. The fourth-order valence-electron chi connectivity index (χ4n) is 2.87. The standard InChI is InChI=1S/C20H42N2O2/c1-19(2,3)23-17-9-7-11-21-13-15-22(16-14-21)12-8-10-18-24-20(4,5)6/h7-18H2,1-6H3. The Kier molecular flexibility index (Phi) is 9.80. The molecule has 0 atom stereocenters. The van der Waals surface area contributed by atoms with E-state index in [0.29, 0.717) is 0 Å². The Labute approximate surface area is 150 Å². The number of unbranched alkanes of at least 4 members (excludes halogenated alkanes) is 2. The van der Waals surface area contributed by atoms with Gasteiger partial charge in [-0.05, 0) is 80.3 Å². The van der Waals surface area contributed by atoms with E-state index >= 15 is 0 Å². The summed E-state index contributed by atoms with van der Waals surface area (Å²) in [5, 5.41) is 0. The minimum Gasteiger partial charge on any atom is -0.376 e. The lowest BCUT2D eigenvalue weighted by Crippen LogP contribution is -2.46. The topological polar surface area (TPSA) is 24.9 Å². The van der Waals surface area contributed by atoms with Crippen molar-refractivity contribution in [2.75, 3.05) is 52.5 Å². The third kappa shape index (κ3) is 12.2. The minimum atomic E-state index is 0.00352. The number of hydrogen-bond donors (Lipinski definition) is 0. The molecule has 1 rings (SSSR count). The van der Waals surface area contributed by atoms with Crippen molar-refractivity contribution < 1.29 is 9.47 Å². The minimum absolute atomic E-state index is 0.00352. The molecule has 4 nitrogen and oxygen atoms in total. The highest BCUT2D eigenvalue weighted by atomic mass is 16.5. The second-order valence-electron chi connectivity index (χ2n) is 9.02. The van der Waals surface area contributed by atoms with Crippen LogP contribution in [0, 0.1) is 0 Å².